The van der Waals surface area contributed by atoms with Gasteiger partial charge in [-0.15, -0.1) is 0 Å². The molecule has 0 aromatic heterocycles. The second-order valence-corrected chi connectivity index (χ2v) is 15.9. The summed E-state index contributed by atoms with van der Waals surface area (Å²) in [6.07, 6.45) is 12.5. The summed E-state index contributed by atoms with van der Waals surface area (Å²) in [6, 6.07) is 0. The van der Waals surface area contributed by atoms with Crippen molar-refractivity contribution in [3.05, 3.63) is 0 Å². The van der Waals surface area contributed by atoms with Crippen molar-refractivity contribution in [2.24, 2.45) is 23.7 Å². The second-order valence-electron chi connectivity index (χ2n) is 9.86. The summed E-state index contributed by atoms with van der Waals surface area (Å²) in [4.78, 5) is 0. The SMILES string of the molecule is CCCCC([O][Sn]([O]CC(CC)CC)([O]CC(CC)CC)[O]CC(CC)CC)C(CC)CC. The molecule has 0 saturated carbocycles. The molecule has 0 aliphatic rings. The van der Waals surface area contributed by atoms with Gasteiger partial charge in [-0.2, -0.15) is 0 Å². The minimum absolute atomic E-state index is 0.167. The first-order chi connectivity index (χ1) is 15.9. The molecule has 1 atom stereocenters. The third kappa shape index (κ3) is 13.5. The van der Waals surface area contributed by atoms with Crippen LogP contribution >= 0.6 is 0 Å². The first kappa shape index (κ1) is 33.6. The van der Waals surface area contributed by atoms with E-state index in [1.54, 1.807) is 0 Å². The number of hydrogen-bond acceptors (Lipinski definition) is 4. The van der Waals surface area contributed by atoms with E-state index in [2.05, 4.69) is 62.3 Å². The van der Waals surface area contributed by atoms with Crippen LogP contribution in [-0.4, -0.2) is 46.0 Å². The van der Waals surface area contributed by atoms with Crippen LogP contribution in [0.2, 0.25) is 0 Å². The zero-order valence-electron chi connectivity index (χ0n) is 23.9. The van der Waals surface area contributed by atoms with Gasteiger partial charge in [-0.05, 0) is 0 Å². The summed E-state index contributed by atoms with van der Waals surface area (Å²) in [7, 11) is 0. The molecule has 4 nitrogen and oxygen atoms in total. The number of unbranched alkanes of at least 4 members (excludes halogenated alkanes) is 1. The molecular formula is C28H60O4Sn. The van der Waals surface area contributed by atoms with Crippen molar-refractivity contribution in [1.29, 1.82) is 0 Å². The van der Waals surface area contributed by atoms with E-state index in [1.807, 2.05) is 0 Å². The zero-order valence-corrected chi connectivity index (χ0v) is 26.8. The van der Waals surface area contributed by atoms with Gasteiger partial charge in [0.2, 0.25) is 0 Å². The molecule has 200 valence electrons. The second kappa shape index (κ2) is 20.8. The van der Waals surface area contributed by atoms with Crippen molar-refractivity contribution in [3.63, 3.8) is 0 Å². The topological polar surface area (TPSA) is 36.9 Å². The Bertz CT molecular complexity index is 377. The van der Waals surface area contributed by atoms with E-state index in [0.29, 0.717) is 43.5 Å². The average Bonchev–Trinajstić information content (AvgIpc) is 2.84. The summed E-state index contributed by atoms with van der Waals surface area (Å²) >= 11 is -4.25. The molecule has 0 fully saturated rings. The van der Waals surface area contributed by atoms with Crippen molar-refractivity contribution in [2.45, 2.75) is 139 Å². The molecule has 0 aromatic rings. The van der Waals surface area contributed by atoms with E-state index in [9.17, 15) is 0 Å². The van der Waals surface area contributed by atoms with E-state index in [-0.39, 0.29) is 6.10 Å². The summed E-state index contributed by atoms with van der Waals surface area (Å²) in [5.41, 5.74) is 0. The summed E-state index contributed by atoms with van der Waals surface area (Å²) in [5.74, 6) is 2.11. The van der Waals surface area contributed by atoms with Crippen LogP contribution in [0.1, 0.15) is 133 Å². The van der Waals surface area contributed by atoms with Crippen LogP contribution in [0.15, 0.2) is 0 Å². The molecule has 0 saturated heterocycles. The maximum atomic E-state index is 7.05. The first-order valence-electron chi connectivity index (χ1n) is 14.5. The van der Waals surface area contributed by atoms with Crippen LogP contribution in [-0.2, 0) is 12.3 Å². The Morgan fingerprint density at radius 1 is 0.515 bits per heavy atom. The van der Waals surface area contributed by atoms with E-state index < -0.39 is 20.0 Å². The van der Waals surface area contributed by atoms with E-state index in [4.69, 9.17) is 12.3 Å². The molecule has 0 heterocycles. The van der Waals surface area contributed by atoms with Gasteiger partial charge < -0.3 is 0 Å². The summed E-state index contributed by atoms with van der Waals surface area (Å²) < 4.78 is 27.3. The Labute approximate surface area is 214 Å². The van der Waals surface area contributed by atoms with Crippen LogP contribution in [0.5, 0.6) is 0 Å². The van der Waals surface area contributed by atoms with Gasteiger partial charge in [0.25, 0.3) is 0 Å². The first-order valence-corrected chi connectivity index (χ1v) is 19.2. The van der Waals surface area contributed by atoms with E-state index >= 15 is 0 Å². The monoisotopic (exact) mass is 580 g/mol. The van der Waals surface area contributed by atoms with Crippen molar-refractivity contribution in [2.75, 3.05) is 19.8 Å². The van der Waals surface area contributed by atoms with Crippen molar-refractivity contribution in [3.8, 4) is 0 Å². The van der Waals surface area contributed by atoms with Gasteiger partial charge in [-0.3, -0.25) is 0 Å². The normalized spacial score (nSPS) is 13.7. The van der Waals surface area contributed by atoms with Crippen LogP contribution in [0, 0.1) is 23.7 Å². The Kier molecular flexibility index (Phi) is 21.2. The molecule has 0 aliphatic heterocycles. The third-order valence-electron chi connectivity index (χ3n) is 7.66. The fraction of sp³-hybridized carbons (Fsp3) is 1.00. The van der Waals surface area contributed by atoms with Crippen LogP contribution in [0.25, 0.3) is 0 Å². The average molecular weight is 579 g/mol. The molecule has 0 bridgehead atoms. The molecule has 33 heavy (non-hydrogen) atoms. The molecule has 1 unspecified atom stereocenters. The Morgan fingerprint density at radius 2 is 0.879 bits per heavy atom. The fourth-order valence-electron chi connectivity index (χ4n) is 4.26. The standard InChI is InChI=1S/C10H21O.3C6H13O.Sn/c1-4-7-8-10(11)9(5-2)6-3;3*1-3-6(4-2)5-7;/h9-10H,4-8H2,1-3H3;3*6H,3-5H2,1-2H3;/q4*-1;+4. The van der Waals surface area contributed by atoms with Gasteiger partial charge in [0.05, 0.1) is 0 Å². The molecular weight excluding hydrogens is 519 g/mol. The van der Waals surface area contributed by atoms with Crippen LogP contribution in [0.4, 0.5) is 0 Å². The van der Waals surface area contributed by atoms with Gasteiger partial charge in [0.15, 0.2) is 0 Å². The van der Waals surface area contributed by atoms with Gasteiger partial charge in [0, 0.05) is 0 Å². The third-order valence-corrected chi connectivity index (χ3v) is 13.8. The van der Waals surface area contributed by atoms with Crippen LogP contribution < -0.4 is 0 Å². The quantitative estimate of drug-likeness (QED) is 0.113. The van der Waals surface area contributed by atoms with E-state index in [1.165, 1.54) is 12.8 Å². The molecule has 0 aliphatic carbocycles. The van der Waals surface area contributed by atoms with Crippen molar-refractivity contribution >= 4 is 20.0 Å². The number of hydrogen-bond donors (Lipinski definition) is 0. The predicted octanol–water partition coefficient (Wildman–Crippen LogP) is 8.79. The van der Waals surface area contributed by atoms with Crippen molar-refractivity contribution < 1.29 is 12.3 Å². The Balaban J connectivity index is 6.00. The summed E-state index contributed by atoms with van der Waals surface area (Å²) in [6.45, 7) is 22.4. The fourth-order valence-corrected chi connectivity index (χ4v) is 11.3. The molecule has 0 spiro atoms. The number of rotatable bonds is 23. The van der Waals surface area contributed by atoms with Gasteiger partial charge >= 0.3 is 215 Å². The van der Waals surface area contributed by atoms with Crippen LogP contribution in [0.3, 0.4) is 0 Å². The van der Waals surface area contributed by atoms with Gasteiger partial charge in [-0.1, -0.05) is 0 Å². The summed E-state index contributed by atoms with van der Waals surface area (Å²) in [5, 5.41) is 0. The van der Waals surface area contributed by atoms with E-state index in [0.717, 1.165) is 57.8 Å². The van der Waals surface area contributed by atoms with Crippen molar-refractivity contribution in [1.82, 2.24) is 0 Å². The minimum atomic E-state index is -4.25. The van der Waals surface area contributed by atoms with Gasteiger partial charge in [-0.25, -0.2) is 0 Å². The molecule has 0 rings (SSSR count). The Morgan fingerprint density at radius 3 is 1.15 bits per heavy atom. The molecule has 5 heteroatoms. The molecule has 0 N–H and O–H groups in total. The predicted molar refractivity (Wildman–Crippen MR) is 144 cm³/mol. The molecule has 0 amide bonds. The molecule has 0 aromatic carbocycles. The maximum absolute atomic E-state index is 7.05. The Hall–Kier alpha value is 0.639. The van der Waals surface area contributed by atoms with Gasteiger partial charge in [0.1, 0.15) is 0 Å². The zero-order chi connectivity index (χ0) is 25.1. The molecule has 0 radical (unpaired) electrons.